The highest BCUT2D eigenvalue weighted by molar-refractivity contribution is 7.86. The van der Waals surface area contributed by atoms with E-state index in [0.717, 1.165) is 24.2 Å². The Morgan fingerprint density at radius 1 is 0.970 bits per heavy atom. The third kappa shape index (κ3) is 24.0. The van der Waals surface area contributed by atoms with Gasteiger partial charge in [-0.25, -0.2) is 4.21 Å². The highest BCUT2D eigenvalue weighted by atomic mass is 35.5. The fourth-order valence-electron chi connectivity index (χ4n) is 1.52. The van der Waals surface area contributed by atoms with Crippen LogP contribution in [0.25, 0.3) is 6.08 Å². The molecule has 1 aromatic rings. The van der Waals surface area contributed by atoms with Crippen LogP contribution in [-0.4, -0.2) is 84.6 Å². The minimum Gasteiger partial charge on any atom is -0.395 e. The summed E-state index contributed by atoms with van der Waals surface area (Å²) in [5, 5.41) is 7.86. The molecule has 1 aliphatic rings. The molecule has 1 fully saturated rings. The van der Waals surface area contributed by atoms with Gasteiger partial charge in [0.1, 0.15) is 0 Å². The smallest absolute Gasteiger partial charge is 0.294 e. The summed E-state index contributed by atoms with van der Waals surface area (Å²) in [5.41, 5.74) is 0.808. The van der Waals surface area contributed by atoms with Gasteiger partial charge in [0.25, 0.3) is 30.4 Å². The van der Waals surface area contributed by atoms with Crippen LogP contribution in [0, 0.1) is 0 Å². The Labute approximate surface area is 201 Å². The van der Waals surface area contributed by atoms with Crippen LogP contribution in [0.3, 0.4) is 0 Å². The zero-order valence-electron chi connectivity index (χ0n) is 17.3. The number of aliphatic hydroxyl groups excluding tert-OH is 1. The Kier molecular flexibility index (Phi) is 18.1. The van der Waals surface area contributed by atoms with E-state index in [9.17, 15) is 29.5 Å². The van der Waals surface area contributed by atoms with Crippen molar-refractivity contribution < 1.29 is 52.4 Å². The number of aliphatic hydroxyl groups is 1. The fraction of sp³-hybridized carbons (Fsp3) is 0.500. The summed E-state index contributed by atoms with van der Waals surface area (Å²) in [6.45, 7) is 3.67. The first-order valence-corrected chi connectivity index (χ1v) is 15.3. The summed E-state index contributed by atoms with van der Waals surface area (Å²) < 4.78 is 99.2. The van der Waals surface area contributed by atoms with E-state index in [1.54, 1.807) is 18.2 Å². The first kappa shape index (κ1) is 34.2. The molecule has 1 aliphatic heterocycles. The molecule has 0 spiro atoms. The van der Waals surface area contributed by atoms with Crippen molar-refractivity contribution in [2.75, 3.05) is 36.4 Å². The zero-order valence-corrected chi connectivity index (χ0v) is 21.3. The van der Waals surface area contributed by atoms with Gasteiger partial charge in [-0.3, -0.25) is 17.8 Å². The SMILES string of the molecule is C=Cc1ccc(S(=O)(=O)O)cc1.O=S(=O)(O)CCCl.O=S(=O)(O)CCO.O=S1CCCCO1. The quantitative estimate of drug-likeness (QED) is 0.277. The lowest BCUT2D eigenvalue weighted by Crippen LogP contribution is -2.10. The van der Waals surface area contributed by atoms with Gasteiger partial charge in [0.15, 0.2) is 11.1 Å². The normalized spacial score (nSPS) is 16.0. The monoisotopic (exact) mass is 574 g/mol. The lowest BCUT2D eigenvalue weighted by molar-refractivity contribution is 0.315. The van der Waals surface area contributed by atoms with Gasteiger partial charge in [0.2, 0.25) is 0 Å². The molecule has 4 N–H and O–H groups in total. The van der Waals surface area contributed by atoms with E-state index in [0.29, 0.717) is 6.61 Å². The maximum absolute atomic E-state index is 10.6. The molecule has 1 aromatic carbocycles. The molecule has 17 heteroatoms. The predicted molar refractivity (Wildman–Crippen MR) is 125 cm³/mol. The van der Waals surface area contributed by atoms with Gasteiger partial charge in [-0.2, -0.15) is 25.3 Å². The largest absolute Gasteiger partial charge is 0.395 e. The maximum Gasteiger partial charge on any atom is 0.294 e. The van der Waals surface area contributed by atoms with Crippen molar-refractivity contribution >= 4 is 59.1 Å². The van der Waals surface area contributed by atoms with Gasteiger partial charge < -0.3 is 5.11 Å². The second-order valence-electron chi connectivity index (χ2n) is 5.77. The Morgan fingerprint density at radius 3 is 1.67 bits per heavy atom. The Balaban J connectivity index is 0. The van der Waals surface area contributed by atoms with Crippen LogP contribution in [-0.2, 0) is 45.6 Å². The third-order valence-electron chi connectivity index (χ3n) is 3.02. The number of benzene rings is 1. The molecule has 194 valence electrons. The Morgan fingerprint density at radius 2 is 1.48 bits per heavy atom. The third-order valence-corrected chi connectivity index (χ3v) is 6.77. The number of rotatable bonds is 6. The van der Waals surface area contributed by atoms with Gasteiger partial charge in [-0.05, 0) is 30.5 Å². The predicted octanol–water partition coefficient (Wildman–Crippen LogP) is 1.02. The number of hydrogen-bond donors (Lipinski definition) is 4. The summed E-state index contributed by atoms with van der Waals surface area (Å²) in [6, 6.07) is 5.78. The minimum atomic E-state index is -4.06. The van der Waals surface area contributed by atoms with Gasteiger partial charge in [-0.1, -0.05) is 24.8 Å². The van der Waals surface area contributed by atoms with E-state index < -0.39 is 53.8 Å². The van der Waals surface area contributed by atoms with Crippen LogP contribution in [0.4, 0.5) is 0 Å². The average molecular weight is 575 g/mol. The molecule has 12 nitrogen and oxygen atoms in total. The molecule has 0 aromatic heterocycles. The molecular weight excluding hydrogens is 548 g/mol. The van der Waals surface area contributed by atoms with Crippen molar-refractivity contribution in [2.24, 2.45) is 0 Å². The van der Waals surface area contributed by atoms with E-state index in [1.165, 1.54) is 12.1 Å². The first-order chi connectivity index (χ1) is 15.1. The van der Waals surface area contributed by atoms with E-state index in [-0.39, 0.29) is 16.5 Å². The molecule has 1 unspecified atom stereocenters. The molecule has 33 heavy (non-hydrogen) atoms. The van der Waals surface area contributed by atoms with Gasteiger partial charge in [-0.15, -0.1) is 11.6 Å². The lowest BCUT2D eigenvalue weighted by atomic mass is 10.2. The first-order valence-electron chi connectivity index (χ1n) is 8.84. The van der Waals surface area contributed by atoms with Crippen molar-refractivity contribution in [3.8, 4) is 0 Å². The second-order valence-corrected chi connectivity index (χ2v) is 12.0. The Bertz CT molecular complexity index is 978. The lowest BCUT2D eigenvalue weighted by Gasteiger charge is -2.07. The van der Waals surface area contributed by atoms with Crippen LogP contribution in [0.15, 0.2) is 35.7 Å². The number of alkyl halides is 1. The van der Waals surface area contributed by atoms with E-state index in [2.05, 4.69) is 6.58 Å². The molecule has 1 atom stereocenters. The zero-order chi connectivity index (χ0) is 26.1. The van der Waals surface area contributed by atoms with Gasteiger partial charge in [0.05, 0.1) is 29.6 Å². The molecule has 0 aliphatic carbocycles. The molecule has 1 saturated heterocycles. The highest BCUT2D eigenvalue weighted by Crippen LogP contribution is 2.10. The van der Waals surface area contributed by atoms with E-state index in [1.807, 2.05) is 0 Å². The van der Waals surface area contributed by atoms with Crippen LogP contribution < -0.4 is 0 Å². The Hall–Kier alpha value is -0.950. The van der Waals surface area contributed by atoms with Crippen LogP contribution in [0.5, 0.6) is 0 Å². The molecule has 0 radical (unpaired) electrons. The summed E-state index contributed by atoms with van der Waals surface area (Å²) in [5.74, 6) is -0.264. The molecule has 2 rings (SSSR count). The summed E-state index contributed by atoms with van der Waals surface area (Å²) in [7, 11) is -11.8. The van der Waals surface area contributed by atoms with Crippen molar-refractivity contribution in [3.63, 3.8) is 0 Å². The number of halogens is 1. The highest BCUT2D eigenvalue weighted by Gasteiger charge is 2.07. The second kappa shape index (κ2) is 17.5. The van der Waals surface area contributed by atoms with Crippen molar-refractivity contribution in [2.45, 2.75) is 17.7 Å². The van der Waals surface area contributed by atoms with Crippen molar-refractivity contribution in [1.29, 1.82) is 0 Å². The minimum absolute atomic E-state index is 0.0567. The standard InChI is InChI=1S/C8H8O3S.C4H8O2S.C2H5ClO3S.C2H6O4S/c1-2-7-3-5-8(6-4-7)12(9,10)11;5-7-4-2-1-3-6-7;2*3-1-2-7(4,5)6/h2-6H,1H2,(H,9,10,11);1-4H2;1-2H2,(H,4,5,6);3H,1-2H2,(H,4,5,6). The topological polar surface area (TPSA) is 210 Å². The average Bonchev–Trinajstić information content (AvgIpc) is 2.68. The molecule has 0 bridgehead atoms. The van der Waals surface area contributed by atoms with Gasteiger partial charge in [0, 0.05) is 11.6 Å². The van der Waals surface area contributed by atoms with Gasteiger partial charge >= 0.3 is 0 Å². The van der Waals surface area contributed by atoms with E-state index >= 15 is 0 Å². The van der Waals surface area contributed by atoms with Crippen molar-refractivity contribution in [1.82, 2.24) is 0 Å². The number of hydrogen-bond acceptors (Lipinski definition) is 9. The summed E-state index contributed by atoms with van der Waals surface area (Å²) in [4.78, 5) is -0.104. The molecular formula is C16H27ClO12S4. The summed E-state index contributed by atoms with van der Waals surface area (Å²) >= 11 is 4.01. The molecule has 0 amide bonds. The van der Waals surface area contributed by atoms with Crippen LogP contribution in [0.2, 0.25) is 0 Å². The fourth-order valence-corrected chi connectivity index (χ4v) is 3.87. The van der Waals surface area contributed by atoms with E-state index in [4.69, 9.17) is 34.5 Å². The maximum atomic E-state index is 10.6. The molecule has 0 saturated carbocycles. The van der Waals surface area contributed by atoms with Crippen LogP contribution >= 0.6 is 11.6 Å². The van der Waals surface area contributed by atoms with Crippen molar-refractivity contribution in [3.05, 3.63) is 36.4 Å². The van der Waals surface area contributed by atoms with Crippen LogP contribution in [0.1, 0.15) is 18.4 Å². The summed E-state index contributed by atoms with van der Waals surface area (Å²) in [6.07, 6.45) is 3.73. The molecule has 1 heterocycles.